The van der Waals surface area contributed by atoms with E-state index in [-0.39, 0.29) is 20.9 Å². The topological polar surface area (TPSA) is 38.9 Å². The minimum atomic E-state index is -2.68. The number of pyridine rings is 1. The van der Waals surface area contributed by atoms with E-state index in [2.05, 4.69) is 20.9 Å². The third-order valence-electron chi connectivity index (χ3n) is 1.28. The molecule has 0 aliphatic heterocycles. The Hall–Kier alpha value is -0.420. The number of aromatic nitrogens is 1. The Labute approximate surface area is 80.9 Å². The Morgan fingerprint density at radius 3 is 2.58 bits per heavy atom. The maximum Gasteiger partial charge on any atom is 0.267 e. The van der Waals surface area contributed by atoms with Crippen LogP contribution in [0.3, 0.4) is 0 Å². The number of alkyl halides is 2. The molecule has 0 amide bonds. The van der Waals surface area contributed by atoms with Crippen LogP contribution in [0, 0.1) is 0 Å². The summed E-state index contributed by atoms with van der Waals surface area (Å²) in [7, 11) is 0. The molecule has 0 saturated carbocycles. The summed E-state index contributed by atoms with van der Waals surface area (Å²) in [4.78, 5) is 3.65. The van der Waals surface area contributed by atoms with Crippen molar-refractivity contribution in [2.24, 2.45) is 0 Å². The van der Waals surface area contributed by atoms with Crippen LogP contribution in [-0.4, -0.2) is 4.98 Å². The first-order valence-electron chi connectivity index (χ1n) is 2.91. The highest BCUT2D eigenvalue weighted by molar-refractivity contribution is 9.10. The number of hydrogen-bond acceptors (Lipinski definition) is 2. The van der Waals surface area contributed by atoms with Crippen LogP contribution in [0.4, 0.5) is 14.5 Å². The smallest absolute Gasteiger partial charge is 0.267 e. The molecule has 0 bridgehead atoms. The predicted octanol–water partition coefficient (Wildman–Crippen LogP) is 3.02. The van der Waals surface area contributed by atoms with E-state index in [0.29, 0.717) is 0 Å². The van der Waals surface area contributed by atoms with Crippen molar-refractivity contribution in [2.45, 2.75) is 6.43 Å². The maximum absolute atomic E-state index is 12.3. The molecule has 2 N–H and O–H groups in total. The van der Waals surface area contributed by atoms with Crippen LogP contribution in [0.25, 0.3) is 0 Å². The normalized spacial score (nSPS) is 10.8. The van der Waals surface area contributed by atoms with Gasteiger partial charge in [0.1, 0.15) is 4.60 Å². The summed E-state index contributed by atoms with van der Waals surface area (Å²) in [5.41, 5.74) is 4.82. The Morgan fingerprint density at radius 2 is 2.17 bits per heavy atom. The van der Waals surface area contributed by atoms with E-state index >= 15 is 0 Å². The second-order valence-corrected chi connectivity index (χ2v) is 3.18. The zero-order valence-electron chi connectivity index (χ0n) is 5.69. The van der Waals surface area contributed by atoms with Gasteiger partial charge in [0.05, 0.1) is 16.3 Å². The fraction of sp³-hybridized carbons (Fsp3) is 0.167. The summed E-state index contributed by atoms with van der Waals surface area (Å²) in [6.45, 7) is 0. The number of nitrogens with zero attached hydrogens (tertiary/aromatic N) is 1. The molecular weight excluding hydrogens is 253 g/mol. The molecule has 0 spiro atoms. The summed E-state index contributed by atoms with van der Waals surface area (Å²) in [6, 6.07) is 0. The average Bonchev–Trinajstić information content (AvgIpc) is 1.97. The van der Waals surface area contributed by atoms with Gasteiger partial charge in [-0.05, 0) is 15.9 Å². The van der Waals surface area contributed by atoms with Gasteiger partial charge in [0.2, 0.25) is 0 Å². The molecule has 1 heterocycles. The van der Waals surface area contributed by atoms with Gasteiger partial charge in [-0.15, -0.1) is 0 Å². The molecule has 1 aromatic heterocycles. The van der Waals surface area contributed by atoms with Crippen molar-refractivity contribution in [1.29, 1.82) is 0 Å². The van der Waals surface area contributed by atoms with E-state index in [4.69, 9.17) is 17.3 Å². The lowest BCUT2D eigenvalue weighted by Crippen LogP contribution is -1.98. The van der Waals surface area contributed by atoms with Crippen molar-refractivity contribution in [3.05, 3.63) is 21.4 Å². The van der Waals surface area contributed by atoms with Crippen molar-refractivity contribution in [1.82, 2.24) is 4.98 Å². The highest BCUT2D eigenvalue weighted by atomic mass is 79.9. The molecule has 0 fully saturated rings. The lowest BCUT2D eigenvalue weighted by molar-refractivity contribution is 0.152. The second-order valence-electron chi connectivity index (χ2n) is 2.02. The quantitative estimate of drug-likeness (QED) is 0.786. The highest BCUT2D eigenvalue weighted by Crippen LogP contribution is 2.34. The maximum atomic E-state index is 12.3. The molecule has 6 heteroatoms. The van der Waals surface area contributed by atoms with Gasteiger partial charge in [-0.2, -0.15) is 0 Å². The molecule has 66 valence electrons. The predicted molar refractivity (Wildman–Crippen MR) is 46.3 cm³/mol. The molecule has 1 aromatic rings. The molecule has 1 rings (SSSR count). The molecule has 2 nitrogen and oxygen atoms in total. The summed E-state index contributed by atoms with van der Waals surface area (Å²) in [6.07, 6.45) is -1.56. The number of anilines is 1. The van der Waals surface area contributed by atoms with Gasteiger partial charge in [0.25, 0.3) is 6.43 Å². The molecule has 0 radical (unpaired) electrons. The largest absolute Gasteiger partial charge is 0.396 e. The minimum Gasteiger partial charge on any atom is -0.396 e. The second kappa shape index (κ2) is 3.53. The van der Waals surface area contributed by atoms with E-state index in [1.807, 2.05) is 0 Å². The molecule has 0 saturated heterocycles. The van der Waals surface area contributed by atoms with Gasteiger partial charge >= 0.3 is 0 Å². The lowest BCUT2D eigenvalue weighted by Gasteiger charge is -2.06. The van der Waals surface area contributed by atoms with Crippen molar-refractivity contribution < 1.29 is 8.78 Å². The molecule has 0 aliphatic carbocycles. The van der Waals surface area contributed by atoms with Crippen LogP contribution in [-0.2, 0) is 0 Å². The molecular formula is C6H4BrClF2N2. The number of nitrogen functional groups attached to an aromatic ring is 1. The van der Waals surface area contributed by atoms with Crippen molar-refractivity contribution in [2.75, 3.05) is 5.73 Å². The summed E-state index contributed by atoms with van der Waals surface area (Å²) >= 11 is 8.37. The molecule has 0 aliphatic rings. The van der Waals surface area contributed by atoms with E-state index in [1.54, 1.807) is 0 Å². The lowest BCUT2D eigenvalue weighted by atomic mass is 10.2. The fourth-order valence-electron chi connectivity index (χ4n) is 0.714. The van der Waals surface area contributed by atoms with Gasteiger partial charge in [0, 0.05) is 6.20 Å². The standard InChI is InChI=1S/C6H4BrClF2N2/c7-5-4(11)3(6(9)10)2(8)1-12-5/h1,6H,11H2. The minimum absolute atomic E-state index is 0.113. The number of rotatable bonds is 1. The first kappa shape index (κ1) is 9.67. The van der Waals surface area contributed by atoms with Crippen molar-refractivity contribution in [3.63, 3.8) is 0 Å². The first-order valence-corrected chi connectivity index (χ1v) is 4.08. The van der Waals surface area contributed by atoms with Crippen LogP contribution >= 0.6 is 27.5 Å². The van der Waals surface area contributed by atoms with E-state index in [0.717, 1.165) is 6.20 Å². The van der Waals surface area contributed by atoms with Crippen LogP contribution in [0.15, 0.2) is 10.8 Å². The summed E-state index contributed by atoms with van der Waals surface area (Å²) in [5.74, 6) is 0. The third kappa shape index (κ3) is 1.67. The van der Waals surface area contributed by atoms with E-state index in [1.165, 1.54) is 0 Å². The third-order valence-corrected chi connectivity index (χ3v) is 2.21. The van der Waals surface area contributed by atoms with E-state index in [9.17, 15) is 8.78 Å². The van der Waals surface area contributed by atoms with Gasteiger partial charge in [0.15, 0.2) is 0 Å². The molecule has 0 atom stereocenters. The van der Waals surface area contributed by atoms with Gasteiger partial charge < -0.3 is 5.73 Å². The first-order chi connectivity index (χ1) is 5.54. The molecule has 12 heavy (non-hydrogen) atoms. The van der Waals surface area contributed by atoms with Gasteiger partial charge in [-0.1, -0.05) is 11.6 Å². The van der Waals surface area contributed by atoms with Crippen LogP contribution in [0.1, 0.15) is 12.0 Å². The monoisotopic (exact) mass is 256 g/mol. The van der Waals surface area contributed by atoms with Crippen LogP contribution in [0.2, 0.25) is 5.02 Å². The number of halogens is 4. The summed E-state index contributed by atoms with van der Waals surface area (Å²) < 4.78 is 24.7. The SMILES string of the molecule is Nc1c(Br)ncc(Cl)c1C(F)F. The zero-order chi connectivity index (χ0) is 9.30. The average molecular weight is 257 g/mol. The Kier molecular flexibility index (Phi) is 2.85. The molecule has 0 aromatic carbocycles. The summed E-state index contributed by atoms with van der Waals surface area (Å²) in [5, 5.41) is -0.120. The fourth-order valence-corrected chi connectivity index (χ4v) is 1.26. The van der Waals surface area contributed by atoms with Crippen molar-refractivity contribution in [3.8, 4) is 0 Å². The number of nitrogens with two attached hydrogens (primary N) is 1. The Balaban J connectivity index is 3.33. The van der Waals surface area contributed by atoms with Crippen LogP contribution < -0.4 is 5.73 Å². The van der Waals surface area contributed by atoms with Crippen LogP contribution in [0.5, 0.6) is 0 Å². The Bertz CT molecular complexity index is 306. The highest BCUT2D eigenvalue weighted by Gasteiger charge is 2.18. The van der Waals surface area contributed by atoms with E-state index < -0.39 is 6.43 Å². The number of hydrogen-bond donors (Lipinski definition) is 1. The molecule has 0 unspecified atom stereocenters. The Morgan fingerprint density at radius 1 is 1.58 bits per heavy atom. The van der Waals surface area contributed by atoms with Gasteiger partial charge in [-0.25, -0.2) is 13.8 Å². The van der Waals surface area contributed by atoms with Crippen molar-refractivity contribution >= 4 is 33.2 Å². The zero-order valence-corrected chi connectivity index (χ0v) is 8.03. The van der Waals surface area contributed by atoms with Gasteiger partial charge in [-0.3, -0.25) is 0 Å².